The van der Waals surface area contributed by atoms with Gasteiger partial charge >= 0.3 is 0 Å². The maximum absolute atomic E-state index is 12.5. The second-order valence-electron chi connectivity index (χ2n) is 4.72. The number of aromatic hydroxyl groups is 1. The third kappa shape index (κ3) is 2.53. The smallest absolute Gasteiger partial charge is 0.254 e. The highest BCUT2D eigenvalue weighted by Crippen LogP contribution is 2.28. The molecule has 1 aliphatic carbocycles. The van der Waals surface area contributed by atoms with Crippen molar-refractivity contribution in [3.05, 3.63) is 29.3 Å². The van der Waals surface area contributed by atoms with Gasteiger partial charge in [-0.15, -0.1) is 0 Å². The van der Waals surface area contributed by atoms with E-state index in [1.165, 1.54) is 6.42 Å². The molecule has 0 heterocycles. The fraction of sp³-hybridized carbons (Fsp3) is 0.500. The van der Waals surface area contributed by atoms with Crippen molar-refractivity contribution < 1.29 is 9.90 Å². The zero-order valence-electron chi connectivity index (χ0n) is 10.5. The van der Waals surface area contributed by atoms with Gasteiger partial charge in [-0.05, 0) is 38.3 Å². The third-order valence-corrected chi connectivity index (χ3v) is 3.99. The fourth-order valence-electron chi connectivity index (χ4n) is 2.25. The van der Waals surface area contributed by atoms with Crippen molar-refractivity contribution in [1.29, 1.82) is 0 Å². The number of carbonyl (C=O) groups is 1. The Balaban J connectivity index is 2.24. The molecule has 3 nitrogen and oxygen atoms in total. The van der Waals surface area contributed by atoms with E-state index in [1.807, 2.05) is 4.90 Å². The van der Waals surface area contributed by atoms with Gasteiger partial charge < -0.3 is 10.0 Å². The van der Waals surface area contributed by atoms with Crippen molar-refractivity contribution in [2.75, 3.05) is 11.9 Å². The van der Waals surface area contributed by atoms with Gasteiger partial charge in [0.15, 0.2) is 0 Å². The number of rotatable bonds is 4. The Morgan fingerprint density at radius 2 is 2.22 bits per heavy atom. The zero-order chi connectivity index (χ0) is 13.1. The molecular weight excluding hydrogens is 294 g/mol. The summed E-state index contributed by atoms with van der Waals surface area (Å²) in [6, 6.07) is 5.50. The first kappa shape index (κ1) is 13.4. The third-order valence-electron chi connectivity index (χ3n) is 3.64. The summed E-state index contributed by atoms with van der Waals surface area (Å²) < 4.78 is 0. The predicted octanol–water partition coefficient (Wildman–Crippen LogP) is 3.09. The molecule has 98 valence electrons. The first-order chi connectivity index (χ1) is 8.65. The molecule has 1 aromatic carbocycles. The summed E-state index contributed by atoms with van der Waals surface area (Å²) in [5.74, 6) is 0.223. The number of phenols is 1. The molecule has 0 spiro atoms. The van der Waals surface area contributed by atoms with Crippen LogP contribution in [0.1, 0.15) is 35.2 Å². The maximum Gasteiger partial charge on any atom is 0.254 e. The lowest BCUT2D eigenvalue weighted by Gasteiger charge is -2.37. The van der Waals surface area contributed by atoms with Crippen LogP contribution in [0, 0.1) is 6.92 Å². The Morgan fingerprint density at radius 1 is 1.50 bits per heavy atom. The summed E-state index contributed by atoms with van der Waals surface area (Å²) in [7, 11) is 0. The number of nitrogens with zero attached hydrogens (tertiary/aromatic N) is 1. The molecule has 1 fully saturated rings. The average molecular weight is 312 g/mol. The molecule has 18 heavy (non-hydrogen) atoms. The minimum absolute atomic E-state index is 0.0348. The van der Waals surface area contributed by atoms with E-state index in [4.69, 9.17) is 0 Å². The zero-order valence-corrected chi connectivity index (χ0v) is 12.1. The quantitative estimate of drug-likeness (QED) is 0.868. The summed E-state index contributed by atoms with van der Waals surface area (Å²) in [5.41, 5.74) is 1.28. The standard InChI is InChI=1S/C14H18BrNO2/c1-10-12(6-3-7-13(10)17)14(18)16(9-8-15)11-4-2-5-11/h3,6-7,11,17H,2,4-5,8-9H2,1H3. The molecule has 1 aromatic rings. The summed E-state index contributed by atoms with van der Waals surface area (Å²) in [6.45, 7) is 2.51. The molecule has 0 unspecified atom stereocenters. The minimum Gasteiger partial charge on any atom is -0.508 e. The van der Waals surface area contributed by atoms with Crippen LogP contribution in [0.5, 0.6) is 5.75 Å². The lowest BCUT2D eigenvalue weighted by molar-refractivity contribution is 0.0598. The molecule has 2 rings (SSSR count). The lowest BCUT2D eigenvalue weighted by Crippen LogP contribution is -2.45. The maximum atomic E-state index is 12.5. The first-order valence-electron chi connectivity index (χ1n) is 6.30. The molecule has 1 amide bonds. The summed E-state index contributed by atoms with van der Waals surface area (Å²) in [5, 5.41) is 10.5. The Hall–Kier alpha value is -1.03. The van der Waals surface area contributed by atoms with Crippen molar-refractivity contribution in [2.45, 2.75) is 32.2 Å². The van der Waals surface area contributed by atoms with Gasteiger partial charge in [-0.25, -0.2) is 0 Å². The molecular formula is C14H18BrNO2. The van der Waals surface area contributed by atoms with Gasteiger partial charge in [0.25, 0.3) is 5.91 Å². The Bertz CT molecular complexity index is 443. The fourth-order valence-corrected chi connectivity index (χ4v) is 2.63. The van der Waals surface area contributed by atoms with Crippen LogP contribution in [-0.4, -0.2) is 33.8 Å². The van der Waals surface area contributed by atoms with Crippen molar-refractivity contribution in [3.63, 3.8) is 0 Å². The van der Waals surface area contributed by atoms with E-state index >= 15 is 0 Å². The first-order valence-corrected chi connectivity index (χ1v) is 7.43. The monoisotopic (exact) mass is 311 g/mol. The number of carbonyl (C=O) groups excluding carboxylic acids is 1. The normalized spacial score (nSPS) is 15.2. The van der Waals surface area contributed by atoms with E-state index in [1.54, 1.807) is 25.1 Å². The van der Waals surface area contributed by atoms with Crippen LogP contribution in [0.25, 0.3) is 0 Å². The van der Waals surface area contributed by atoms with Gasteiger partial charge in [0.2, 0.25) is 0 Å². The van der Waals surface area contributed by atoms with Crippen LogP contribution in [0.3, 0.4) is 0 Å². The molecule has 0 bridgehead atoms. The van der Waals surface area contributed by atoms with Crippen LogP contribution in [-0.2, 0) is 0 Å². The van der Waals surface area contributed by atoms with Gasteiger partial charge in [-0.1, -0.05) is 22.0 Å². The molecule has 1 aliphatic rings. The summed E-state index contributed by atoms with van der Waals surface area (Å²) in [4.78, 5) is 14.5. The highest BCUT2D eigenvalue weighted by atomic mass is 79.9. The number of hydrogen-bond donors (Lipinski definition) is 1. The van der Waals surface area contributed by atoms with Crippen LogP contribution in [0.4, 0.5) is 0 Å². The molecule has 0 aromatic heterocycles. The Kier molecular flexibility index (Phi) is 4.27. The molecule has 0 atom stereocenters. The second kappa shape index (κ2) is 5.74. The van der Waals surface area contributed by atoms with Crippen molar-refractivity contribution >= 4 is 21.8 Å². The van der Waals surface area contributed by atoms with Gasteiger partial charge in [-0.3, -0.25) is 4.79 Å². The second-order valence-corrected chi connectivity index (χ2v) is 5.51. The van der Waals surface area contributed by atoms with Gasteiger partial charge in [0.05, 0.1) is 0 Å². The highest BCUT2D eigenvalue weighted by molar-refractivity contribution is 9.09. The van der Waals surface area contributed by atoms with Gasteiger partial charge in [0, 0.05) is 29.0 Å². The van der Waals surface area contributed by atoms with E-state index in [-0.39, 0.29) is 11.7 Å². The van der Waals surface area contributed by atoms with Crippen molar-refractivity contribution in [3.8, 4) is 5.75 Å². The molecule has 0 aliphatic heterocycles. The number of halogens is 1. The average Bonchev–Trinajstić information content (AvgIpc) is 2.29. The summed E-state index contributed by atoms with van der Waals surface area (Å²) in [6.07, 6.45) is 3.39. The number of amides is 1. The number of phenolic OH excluding ortho intramolecular Hbond substituents is 1. The molecule has 0 saturated heterocycles. The van der Waals surface area contributed by atoms with Crippen LogP contribution >= 0.6 is 15.9 Å². The lowest BCUT2D eigenvalue weighted by atomic mass is 9.90. The summed E-state index contributed by atoms with van der Waals surface area (Å²) >= 11 is 3.40. The molecule has 1 N–H and O–H groups in total. The largest absolute Gasteiger partial charge is 0.508 e. The van der Waals surface area contributed by atoms with Gasteiger partial charge in [0.1, 0.15) is 5.75 Å². The topological polar surface area (TPSA) is 40.5 Å². The van der Waals surface area contributed by atoms with E-state index in [9.17, 15) is 9.90 Å². The molecule has 0 radical (unpaired) electrons. The van der Waals surface area contributed by atoms with Gasteiger partial charge in [-0.2, -0.15) is 0 Å². The van der Waals surface area contributed by atoms with Crippen molar-refractivity contribution in [1.82, 2.24) is 4.90 Å². The van der Waals surface area contributed by atoms with E-state index in [2.05, 4.69) is 15.9 Å². The Labute approximate surface area is 116 Å². The van der Waals surface area contributed by atoms with E-state index < -0.39 is 0 Å². The van der Waals surface area contributed by atoms with E-state index in [0.29, 0.717) is 17.2 Å². The SMILES string of the molecule is Cc1c(O)cccc1C(=O)N(CCBr)C1CCC1. The predicted molar refractivity (Wildman–Crippen MR) is 75.3 cm³/mol. The Morgan fingerprint density at radius 3 is 2.78 bits per heavy atom. The van der Waals surface area contributed by atoms with E-state index in [0.717, 1.165) is 24.7 Å². The number of benzene rings is 1. The molecule has 1 saturated carbocycles. The molecule has 4 heteroatoms. The van der Waals surface area contributed by atoms with Crippen LogP contribution < -0.4 is 0 Å². The number of hydrogen-bond acceptors (Lipinski definition) is 2. The van der Waals surface area contributed by atoms with Crippen LogP contribution in [0.15, 0.2) is 18.2 Å². The van der Waals surface area contributed by atoms with Crippen molar-refractivity contribution in [2.24, 2.45) is 0 Å². The minimum atomic E-state index is 0.0348. The van der Waals surface area contributed by atoms with Crippen LogP contribution in [0.2, 0.25) is 0 Å². The number of alkyl halides is 1. The highest BCUT2D eigenvalue weighted by Gasteiger charge is 2.29.